The molecule has 2 N–H and O–H groups in total. The second kappa shape index (κ2) is 10.1. The van der Waals surface area contributed by atoms with Crippen molar-refractivity contribution in [1.29, 1.82) is 0 Å². The average Bonchev–Trinajstić information content (AvgIpc) is 2.73. The zero-order valence-electron chi connectivity index (χ0n) is 16.2. The van der Waals surface area contributed by atoms with Gasteiger partial charge in [0.25, 0.3) is 17.5 Å². The Hall–Kier alpha value is -3.01. The Morgan fingerprint density at radius 2 is 1.70 bits per heavy atom. The van der Waals surface area contributed by atoms with Crippen molar-refractivity contribution < 1.29 is 14.5 Å². The molecule has 9 nitrogen and oxygen atoms in total. The van der Waals surface area contributed by atoms with Crippen LogP contribution in [0.25, 0.3) is 0 Å². The molecule has 2 aromatic carbocycles. The van der Waals surface area contributed by atoms with E-state index < -0.39 is 10.8 Å². The van der Waals surface area contributed by atoms with Gasteiger partial charge in [0.05, 0.1) is 11.5 Å². The standard InChI is InChI=1S/C20H22ClN5O4/c21-17-5-1-3-15(11-17)13-24-7-9-25(10-8-24)14-19(27)22-23-20(28)16-4-2-6-18(12-16)26(29)30/h1-6,11-12H,7-10,13-14H2,(H,22,27)(H,23,28). The number of non-ortho nitro benzene ring substituents is 1. The largest absolute Gasteiger partial charge is 0.297 e. The summed E-state index contributed by atoms with van der Waals surface area (Å²) in [4.78, 5) is 38.7. The predicted octanol–water partition coefficient (Wildman–Crippen LogP) is 1.83. The van der Waals surface area contributed by atoms with E-state index in [2.05, 4.69) is 15.8 Å². The Bertz CT molecular complexity index is 931. The number of halogens is 1. The summed E-state index contributed by atoms with van der Waals surface area (Å²) in [6.45, 7) is 4.05. The minimum atomic E-state index is -0.613. The van der Waals surface area contributed by atoms with Crippen molar-refractivity contribution in [2.75, 3.05) is 32.7 Å². The molecule has 1 heterocycles. The Morgan fingerprint density at radius 3 is 2.40 bits per heavy atom. The van der Waals surface area contributed by atoms with E-state index in [0.29, 0.717) is 0 Å². The van der Waals surface area contributed by atoms with Gasteiger partial charge in [-0.1, -0.05) is 29.8 Å². The van der Waals surface area contributed by atoms with Gasteiger partial charge in [-0.2, -0.15) is 0 Å². The lowest BCUT2D eigenvalue weighted by molar-refractivity contribution is -0.384. The molecule has 30 heavy (non-hydrogen) atoms. The third-order valence-electron chi connectivity index (χ3n) is 4.76. The van der Waals surface area contributed by atoms with E-state index in [0.717, 1.165) is 49.4 Å². The first-order valence-electron chi connectivity index (χ1n) is 9.43. The van der Waals surface area contributed by atoms with E-state index in [1.165, 1.54) is 18.2 Å². The van der Waals surface area contributed by atoms with Crippen LogP contribution in [0.4, 0.5) is 5.69 Å². The summed E-state index contributed by atoms with van der Waals surface area (Å²) in [5.41, 5.74) is 5.70. The maximum Gasteiger partial charge on any atom is 0.270 e. The minimum Gasteiger partial charge on any atom is -0.297 e. The molecule has 2 amide bonds. The monoisotopic (exact) mass is 431 g/mol. The van der Waals surface area contributed by atoms with E-state index in [1.807, 2.05) is 29.2 Å². The van der Waals surface area contributed by atoms with Crippen molar-refractivity contribution in [2.45, 2.75) is 6.54 Å². The fourth-order valence-electron chi connectivity index (χ4n) is 3.20. The van der Waals surface area contributed by atoms with Crippen LogP contribution in [-0.4, -0.2) is 59.3 Å². The van der Waals surface area contributed by atoms with Gasteiger partial charge in [0.15, 0.2) is 0 Å². The number of nitro groups is 1. The van der Waals surface area contributed by atoms with Crippen LogP contribution in [0.2, 0.25) is 5.02 Å². The third kappa shape index (κ3) is 6.24. The van der Waals surface area contributed by atoms with Crippen LogP contribution in [-0.2, 0) is 11.3 Å². The van der Waals surface area contributed by atoms with Gasteiger partial charge >= 0.3 is 0 Å². The Kier molecular flexibility index (Phi) is 7.34. The predicted molar refractivity (Wildman–Crippen MR) is 112 cm³/mol. The Balaban J connectivity index is 1.40. The van der Waals surface area contributed by atoms with Crippen molar-refractivity contribution in [3.05, 3.63) is 74.8 Å². The molecule has 0 aromatic heterocycles. The Morgan fingerprint density at radius 1 is 1.00 bits per heavy atom. The maximum absolute atomic E-state index is 12.1. The van der Waals surface area contributed by atoms with Crippen molar-refractivity contribution in [2.24, 2.45) is 0 Å². The number of nitrogens with zero attached hydrogens (tertiary/aromatic N) is 3. The molecule has 1 aliphatic heterocycles. The van der Waals surface area contributed by atoms with Crippen LogP contribution >= 0.6 is 11.6 Å². The summed E-state index contributed by atoms with van der Waals surface area (Å²) in [5, 5.41) is 11.5. The van der Waals surface area contributed by atoms with Gasteiger partial charge in [0.1, 0.15) is 0 Å². The lowest BCUT2D eigenvalue weighted by Crippen LogP contribution is -2.51. The van der Waals surface area contributed by atoms with Gasteiger partial charge < -0.3 is 0 Å². The van der Waals surface area contributed by atoms with Gasteiger partial charge in [0, 0.05) is 55.4 Å². The van der Waals surface area contributed by atoms with Crippen molar-refractivity contribution in [3.63, 3.8) is 0 Å². The van der Waals surface area contributed by atoms with Gasteiger partial charge in [0.2, 0.25) is 0 Å². The normalized spacial score (nSPS) is 14.8. The summed E-state index contributed by atoms with van der Waals surface area (Å²) >= 11 is 6.02. The molecule has 10 heteroatoms. The van der Waals surface area contributed by atoms with Crippen LogP contribution in [0.1, 0.15) is 15.9 Å². The number of carbonyl (C=O) groups excluding carboxylic acids is 2. The van der Waals surface area contributed by atoms with Crippen LogP contribution in [0, 0.1) is 10.1 Å². The smallest absolute Gasteiger partial charge is 0.270 e. The van der Waals surface area contributed by atoms with E-state index in [9.17, 15) is 19.7 Å². The number of piperazine rings is 1. The zero-order chi connectivity index (χ0) is 21.5. The van der Waals surface area contributed by atoms with E-state index in [1.54, 1.807) is 0 Å². The molecule has 158 valence electrons. The lowest BCUT2D eigenvalue weighted by atomic mass is 10.2. The fourth-order valence-corrected chi connectivity index (χ4v) is 3.41. The van der Waals surface area contributed by atoms with E-state index in [4.69, 9.17) is 11.6 Å². The van der Waals surface area contributed by atoms with Gasteiger partial charge in [-0.25, -0.2) is 0 Å². The molecule has 0 radical (unpaired) electrons. The number of carbonyl (C=O) groups is 2. The highest BCUT2D eigenvalue weighted by atomic mass is 35.5. The number of hydrogen-bond donors (Lipinski definition) is 2. The molecule has 0 spiro atoms. The number of amides is 2. The van der Waals surface area contributed by atoms with Gasteiger partial charge in [-0.05, 0) is 23.8 Å². The highest BCUT2D eigenvalue weighted by Gasteiger charge is 2.19. The number of rotatable bonds is 6. The molecule has 0 unspecified atom stereocenters. The molecular formula is C20H22ClN5O4. The Labute approximate surface area is 178 Å². The number of nitrogens with one attached hydrogen (secondary N) is 2. The highest BCUT2D eigenvalue weighted by Crippen LogP contribution is 2.14. The number of hydrogen-bond acceptors (Lipinski definition) is 6. The van der Waals surface area contributed by atoms with Gasteiger partial charge in [-0.3, -0.25) is 40.4 Å². The number of benzene rings is 2. The molecule has 1 aliphatic rings. The summed E-state index contributed by atoms with van der Waals surface area (Å²) < 4.78 is 0. The first-order chi connectivity index (χ1) is 14.4. The van der Waals surface area contributed by atoms with Crippen molar-refractivity contribution in [3.8, 4) is 0 Å². The molecule has 1 fully saturated rings. The SMILES string of the molecule is O=C(CN1CCN(Cc2cccc(Cl)c2)CC1)NNC(=O)c1cccc([N+](=O)[O-])c1. The van der Waals surface area contributed by atoms with E-state index in [-0.39, 0.29) is 23.7 Å². The zero-order valence-corrected chi connectivity index (χ0v) is 17.0. The fraction of sp³-hybridized carbons (Fsp3) is 0.300. The van der Waals surface area contributed by atoms with Crippen molar-refractivity contribution in [1.82, 2.24) is 20.7 Å². The summed E-state index contributed by atoms with van der Waals surface area (Å²) in [6.07, 6.45) is 0. The quantitative estimate of drug-likeness (QED) is 0.533. The molecule has 2 aromatic rings. The molecule has 0 atom stereocenters. The highest BCUT2D eigenvalue weighted by molar-refractivity contribution is 6.30. The summed E-state index contributed by atoms with van der Waals surface area (Å²) in [7, 11) is 0. The number of hydrazine groups is 1. The first-order valence-corrected chi connectivity index (χ1v) is 9.81. The van der Waals surface area contributed by atoms with Crippen LogP contribution in [0.5, 0.6) is 0 Å². The molecule has 3 rings (SSSR count). The third-order valence-corrected chi connectivity index (χ3v) is 5.00. The summed E-state index contributed by atoms with van der Waals surface area (Å²) in [5.74, 6) is -0.963. The second-order valence-electron chi connectivity index (χ2n) is 6.99. The molecule has 0 aliphatic carbocycles. The molecule has 0 bridgehead atoms. The molecule has 0 saturated carbocycles. The van der Waals surface area contributed by atoms with Crippen LogP contribution < -0.4 is 10.9 Å². The second-order valence-corrected chi connectivity index (χ2v) is 7.43. The lowest BCUT2D eigenvalue weighted by Gasteiger charge is -2.34. The van der Waals surface area contributed by atoms with Crippen LogP contribution in [0.15, 0.2) is 48.5 Å². The topological polar surface area (TPSA) is 108 Å². The first kappa shape index (κ1) is 21.7. The number of nitro benzene ring substituents is 1. The van der Waals surface area contributed by atoms with Gasteiger partial charge in [-0.15, -0.1) is 0 Å². The maximum atomic E-state index is 12.1. The van der Waals surface area contributed by atoms with Crippen molar-refractivity contribution >= 4 is 29.1 Å². The summed E-state index contributed by atoms with van der Waals surface area (Å²) in [6, 6.07) is 13.1. The van der Waals surface area contributed by atoms with Crippen LogP contribution in [0.3, 0.4) is 0 Å². The average molecular weight is 432 g/mol. The molecule has 1 saturated heterocycles. The van der Waals surface area contributed by atoms with E-state index >= 15 is 0 Å². The minimum absolute atomic E-state index is 0.0964. The molecular weight excluding hydrogens is 410 g/mol.